The van der Waals surface area contributed by atoms with Crippen molar-refractivity contribution in [3.05, 3.63) is 70.8 Å². The molecule has 5 heteroatoms. The third kappa shape index (κ3) is 2.76. The van der Waals surface area contributed by atoms with Crippen LogP contribution >= 0.6 is 15.9 Å². The van der Waals surface area contributed by atoms with Crippen LogP contribution in [0.2, 0.25) is 0 Å². The van der Waals surface area contributed by atoms with Gasteiger partial charge in [0.05, 0.1) is 5.69 Å². The average molecular weight is 381 g/mol. The summed E-state index contributed by atoms with van der Waals surface area (Å²) in [6.07, 6.45) is 2.82. The number of para-hydroxylation sites is 2. The molecule has 2 heterocycles. The molecule has 24 heavy (non-hydrogen) atoms. The van der Waals surface area contributed by atoms with Gasteiger partial charge in [-0.1, -0.05) is 30.3 Å². The number of hydrogen-bond donors (Lipinski definition) is 1. The Kier molecular flexibility index (Phi) is 3.94. The molecule has 1 aliphatic heterocycles. The largest absolute Gasteiger partial charge is 0.339 e. The Morgan fingerprint density at radius 1 is 1.08 bits per heavy atom. The fraction of sp³-hybridized carbons (Fsp3) is 0.158. The molecule has 120 valence electrons. The van der Waals surface area contributed by atoms with Crippen LogP contribution < -0.4 is 10.2 Å². The zero-order valence-electron chi connectivity index (χ0n) is 13.3. The van der Waals surface area contributed by atoms with Crippen molar-refractivity contribution in [2.24, 2.45) is 0 Å². The van der Waals surface area contributed by atoms with Crippen LogP contribution in [0.3, 0.4) is 0 Å². The van der Waals surface area contributed by atoms with Crippen molar-refractivity contribution in [1.82, 2.24) is 9.97 Å². The summed E-state index contributed by atoms with van der Waals surface area (Å²) in [6.45, 7) is 2.21. The highest BCUT2D eigenvalue weighted by Gasteiger charge is 2.28. The summed E-state index contributed by atoms with van der Waals surface area (Å²) in [6, 6.07) is 18.7. The molecule has 0 spiro atoms. The van der Waals surface area contributed by atoms with Crippen LogP contribution in [0.15, 0.2) is 65.3 Å². The van der Waals surface area contributed by atoms with E-state index in [9.17, 15) is 0 Å². The minimum Gasteiger partial charge on any atom is -0.339 e. The molecule has 0 fully saturated rings. The van der Waals surface area contributed by atoms with E-state index in [1.165, 1.54) is 11.3 Å². The highest BCUT2D eigenvalue weighted by molar-refractivity contribution is 9.10. The Hall–Kier alpha value is -2.40. The minimum absolute atomic E-state index is 0.348. The van der Waals surface area contributed by atoms with Crippen LogP contribution in [0.25, 0.3) is 0 Å². The van der Waals surface area contributed by atoms with Crippen molar-refractivity contribution < 1.29 is 0 Å². The fourth-order valence-corrected chi connectivity index (χ4v) is 3.49. The minimum atomic E-state index is 0.348. The van der Waals surface area contributed by atoms with Crippen LogP contribution in [0, 0.1) is 0 Å². The van der Waals surface area contributed by atoms with E-state index in [1.54, 1.807) is 6.20 Å². The summed E-state index contributed by atoms with van der Waals surface area (Å²) < 4.78 is 1.00. The first kappa shape index (κ1) is 15.1. The fourth-order valence-electron chi connectivity index (χ4n) is 3.10. The number of aromatic nitrogens is 2. The number of hydrogen-bond acceptors (Lipinski definition) is 4. The lowest BCUT2D eigenvalue weighted by molar-refractivity contribution is 0.740. The van der Waals surface area contributed by atoms with Crippen molar-refractivity contribution in [2.75, 3.05) is 10.2 Å². The molecule has 0 saturated carbocycles. The van der Waals surface area contributed by atoms with E-state index in [1.807, 2.05) is 30.3 Å². The van der Waals surface area contributed by atoms with Gasteiger partial charge in [-0.25, -0.2) is 4.98 Å². The van der Waals surface area contributed by atoms with Gasteiger partial charge in [0.2, 0.25) is 5.95 Å². The molecule has 2 aromatic carbocycles. The Balaban J connectivity index is 1.67. The second-order valence-electron chi connectivity index (χ2n) is 5.90. The number of fused-ring (bicyclic) bond motifs is 1. The van der Waals surface area contributed by atoms with Crippen molar-refractivity contribution in [2.45, 2.75) is 19.4 Å². The zero-order valence-corrected chi connectivity index (χ0v) is 14.9. The van der Waals surface area contributed by atoms with Gasteiger partial charge in [0.1, 0.15) is 5.82 Å². The lowest BCUT2D eigenvalue weighted by atomic mass is 10.1. The average Bonchev–Trinajstić information content (AvgIpc) is 2.93. The first-order chi connectivity index (χ1) is 11.7. The summed E-state index contributed by atoms with van der Waals surface area (Å²) in [4.78, 5) is 11.4. The molecule has 1 aliphatic rings. The van der Waals surface area contributed by atoms with Crippen LogP contribution in [-0.4, -0.2) is 16.0 Å². The summed E-state index contributed by atoms with van der Waals surface area (Å²) in [7, 11) is 0. The van der Waals surface area contributed by atoms with Crippen LogP contribution in [0.4, 0.5) is 23.1 Å². The summed E-state index contributed by atoms with van der Waals surface area (Å²) in [5.41, 5.74) is 3.53. The monoisotopic (exact) mass is 380 g/mol. The normalized spacial score (nSPS) is 16.1. The van der Waals surface area contributed by atoms with E-state index >= 15 is 0 Å². The number of rotatable bonds is 3. The predicted octanol–water partition coefficient (Wildman–Crippen LogP) is 5.07. The van der Waals surface area contributed by atoms with Gasteiger partial charge in [-0.15, -0.1) is 0 Å². The van der Waals surface area contributed by atoms with Crippen molar-refractivity contribution in [3.8, 4) is 0 Å². The summed E-state index contributed by atoms with van der Waals surface area (Å²) in [5.74, 6) is 1.51. The smallest absolute Gasteiger partial charge is 0.232 e. The van der Waals surface area contributed by atoms with Gasteiger partial charge in [-0.2, -0.15) is 4.98 Å². The standard InChI is InChI=1S/C19H17BrN4/c1-13-12-14-6-2-5-9-17(14)24(13)19-21-11-10-18(23-19)22-16-8-4-3-7-15(16)20/h2-11,13H,12H2,1H3,(H,21,22,23). The Labute approximate surface area is 149 Å². The second kappa shape index (κ2) is 6.24. The van der Waals surface area contributed by atoms with Gasteiger partial charge in [0, 0.05) is 22.4 Å². The Bertz CT molecular complexity index is 881. The maximum absolute atomic E-state index is 4.72. The van der Waals surface area contributed by atoms with Gasteiger partial charge < -0.3 is 10.2 Å². The molecule has 1 N–H and O–H groups in total. The first-order valence-corrected chi connectivity index (χ1v) is 8.73. The van der Waals surface area contributed by atoms with Gasteiger partial charge in [-0.3, -0.25) is 0 Å². The van der Waals surface area contributed by atoms with Gasteiger partial charge >= 0.3 is 0 Å². The Morgan fingerprint density at radius 3 is 2.75 bits per heavy atom. The molecular formula is C19H17BrN4. The highest BCUT2D eigenvalue weighted by Crippen LogP contribution is 2.36. The molecule has 1 atom stereocenters. The van der Waals surface area contributed by atoms with E-state index in [0.717, 1.165) is 28.3 Å². The molecule has 3 aromatic rings. The van der Waals surface area contributed by atoms with Crippen LogP contribution in [0.1, 0.15) is 12.5 Å². The topological polar surface area (TPSA) is 41.1 Å². The summed E-state index contributed by atoms with van der Waals surface area (Å²) in [5, 5.41) is 3.35. The highest BCUT2D eigenvalue weighted by atomic mass is 79.9. The molecule has 0 amide bonds. The maximum Gasteiger partial charge on any atom is 0.232 e. The molecular weight excluding hydrogens is 364 g/mol. The number of nitrogens with zero attached hydrogens (tertiary/aromatic N) is 3. The second-order valence-corrected chi connectivity index (χ2v) is 6.75. The van der Waals surface area contributed by atoms with Crippen LogP contribution in [0.5, 0.6) is 0 Å². The first-order valence-electron chi connectivity index (χ1n) is 7.94. The van der Waals surface area contributed by atoms with Crippen molar-refractivity contribution in [1.29, 1.82) is 0 Å². The number of benzene rings is 2. The van der Waals surface area contributed by atoms with Gasteiger partial charge in [0.15, 0.2) is 0 Å². The number of nitrogens with one attached hydrogen (secondary N) is 1. The predicted molar refractivity (Wildman–Crippen MR) is 101 cm³/mol. The quantitative estimate of drug-likeness (QED) is 0.688. The van der Waals surface area contributed by atoms with Gasteiger partial charge in [0.25, 0.3) is 0 Å². The summed E-state index contributed by atoms with van der Waals surface area (Å²) >= 11 is 3.55. The van der Waals surface area contributed by atoms with E-state index in [-0.39, 0.29) is 0 Å². The molecule has 4 rings (SSSR count). The van der Waals surface area contributed by atoms with E-state index in [0.29, 0.717) is 6.04 Å². The van der Waals surface area contributed by atoms with E-state index in [4.69, 9.17) is 4.98 Å². The molecule has 0 aliphatic carbocycles. The van der Waals surface area contributed by atoms with E-state index in [2.05, 4.69) is 62.3 Å². The third-order valence-electron chi connectivity index (χ3n) is 4.20. The molecule has 0 radical (unpaired) electrons. The molecule has 1 unspecified atom stereocenters. The maximum atomic E-state index is 4.72. The third-order valence-corrected chi connectivity index (χ3v) is 4.89. The van der Waals surface area contributed by atoms with Crippen molar-refractivity contribution >= 4 is 39.1 Å². The Morgan fingerprint density at radius 2 is 1.88 bits per heavy atom. The molecule has 0 bridgehead atoms. The van der Waals surface area contributed by atoms with Crippen LogP contribution in [-0.2, 0) is 6.42 Å². The zero-order chi connectivity index (χ0) is 16.5. The van der Waals surface area contributed by atoms with E-state index < -0.39 is 0 Å². The van der Waals surface area contributed by atoms with Gasteiger partial charge in [-0.05, 0) is 59.1 Å². The lowest BCUT2D eigenvalue weighted by Gasteiger charge is -2.23. The van der Waals surface area contributed by atoms with Crippen molar-refractivity contribution in [3.63, 3.8) is 0 Å². The number of halogens is 1. The lowest BCUT2D eigenvalue weighted by Crippen LogP contribution is -2.25. The molecule has 4 nitrogen and oxygen atoms in total. The molecule has 0 saturated heterocycles. The molecule has 1 aromatic heterocycles. The number of anilines is 4. The SMILES string of the molecule is CC1Cc2ccccc2N1c1nccc(Nc2ccccc2Br)n1.